The van der Waals surface area contributed by atoms with Gasteiger partial charge in [0.25, 0.3) is 0 Å². The summed E-state index contributed by atoms with van der Waals surface area (Å²) in [5, 5.41) is 0. The molecule has 0 aromatic heterocycles. The van der Waals surface area contributed by atoms with Crippen molar-refractivity contribution in [2.75, 3.05) is 19.0 Å². The minimum Gasteiger partial charge on any atom is -0.377 e. The highest BCUT2D eigenvalue weighted by Gasteiger charge is 2.57. The first-order chi connectivity index (χ1) is 22.7. The van der Waals surface area contributed by atoms with Crippen LogP contribution in [0.3, 0.4) is 0 Å². The van der Waals surface area contributed by atoms with Gasteiger partial charge in [-0.2, -0.15) is 0 Å². The smallest absolute Gasteiger partial charge is 0.184 e. The van der Waals surface area contributed by atoms with Gasteiger partial charge in [0.1, 0.15) is 11.0 Å². The molecule has 4 saturated heterocycles. The highest BCUT2D eigenvalue weighted by molar-refractivity contribution is 8.00. The zero-order valence-corrected chi connectivity index (χ0v) is 27.4. The zero-order valence-electron chi connectivity index (χ0n) is 26.6. The van der Waals surface area contributed by atoms with Crippen molar-refractivity contribution in [2.24, 2.45) is 0 Å². The Bertz CT molecular complexity index is 1350. The van der Waals surface area contributed by atoms with Crippen LogP contribution in [0.2, 0.25) is 0 Å². The maximum absolute atomic E-state index is 7.14. The van der Waals surface area contributed by atoms with E-state index in [1.54, 1.807) is 0 Å². The summed E-state index contributed by atoms with van der Waals surface area (Å²) < 4.78 is 46.3. The Labute approximate surface area is 277 Å². The molecule has 7 nitrogen and oxygen atoms in total. The van der Waals surface area contributed by atoms with Gasteiger partial charge in [-0.1, -0.05) is 97.9 Å². The van der Waals surface area contributed by atoms with Crippen molar-refractivity contribution in [1.29, 1.82) is 0 Å². The number of benzene rings is 3. The van der Waals surface area contributed by atoms with Gasteiger partial charge in [-0.15, -0.1) is 11.8 Å². The molecule has 3 aromatic rings. The van der Waals surface area contributed by atoms with Crippen LogP contribution < -0.4 is 0 Å². The molecular formula is C38H46O7S. The molecule has 8 heteroatoms. The third kappa shape index (κ3) is 7.55. The van der Waals surface area contributed by atoms with E-state index in [0.29, 0.717) is 26.4 Å². The van der Waals surface area contributed by atoms with E-state index in [9.17, 15) is 0 Å². The maximum atomic E-state index is 7.14. The van der Waals surface area contributed by atoms with E-state index in [1.165, 1.54) is 5.56 Å². The SMILES string of the molecule is CCS[C@]12C[C@@H](OCc3ccccc3)[C@H](CCOCc3ccccc3)O[C@@H]1C[C@@H]1O[C@@H]3CO[C@@H](c4ccccc4)O[C@H]3CC[C@H]1O2. The van der Waals surface area contributed by atoms with E-state index in [4.69, 9.17) is 33.2 Å². The van der Waals surface area contributed by atoms with Gasteiger partial charge in [0, 0.05) is 25.0 Å². The Morgan fingerprint density at radius 3 is 2.20 bits per heavy atom. The monoisotopic (exact) mass is 646 g/mol. The first-order valence-electron chi connectivity index (χ1n) is 16.9. The normalized spacial score (nSPS) is 34.1. The van der Waals surface area contributed by atoms with Gasteiger partial charge in [-0.3, -0.25) is 0 Å². The van der Waals surface area contributed by atoms with Crippen LogP contribution in [0, 0.1) is 0 Å². The molecule has 0 amide bonds. The quantitative estimate of drug-likeness (QED) is 0.202. The van der Waals surface area contributed by atoms with Crippen LogP contribution >= 0.6 is 11.8 Å². The molecule has 0 aliphatic carbocycles. The van der Waals surface area contributed by atoms with Crippen LogP contribution in [0.5, 0.6) is 0 Å². The highest BCUT2D eigenvalue weighted by Crippen LogP contribution is 2.51. The van der Waals surface area contributed by atoms with Crippen LogP contribution in [0.4, 0.5) is 0 Å². The number of hydrogen-bond donors (Lipinski definition) is 0. The fraction of sp³-hybridized carbons (Fsp3) is 0.526. The first kappa shape index (κ1) is 32.3. The van der Waals surface area contributed by atoms with Crippen molar-refractivity contribution in [2.45, 2.75) is 106 Å². The second-order valence-electron chi connectivity index (χ2n) is 12.7. The van der Waals surface area contributed by atoms with Gasteiger partial charge in [-0.25, -0.2) is 0 Å². The third-order valence-corrected chi connectivity index (χ3v) is 10.9. The van der Waals surface area contributed by atoms with E-state index in [-0.39, 0.29) is 49.0 Å². The fourth-order valence-corrected chi connectivity index (χ4v) is 8.57. The van der Waals surface area contributed by atoms with Crippen LogP contribution in [-0.2, 0) is 46.4 Å². The predicted molar refractivity (Wildman–Crippen MR) is 177 cm³/mol. The fourth-order valence-electron chi connectivity index (χ4n) is 7.27. The molecule has 4 heterocycles. The second kappa shape index (κ2) is 15.3. The molecule has 0 N–H and O–H groups in total. The second-order valence-corrected chi connectivity index (χ2v) is 14.3. The van der Waals surface area contributed by atoms with Crippen LogP contribution in [0.15, 0.2) is 91.0 Å². The molecule has 9 atom stereocenters. The lowest BCUT2D eigenvalue weighted by atomic mass is 9.87. The van der Waals surface area contributed by atoms with Crippen LogP contribution in [0.1, 0.15) is 62.0 Å². The molecule has 4 aliphatic heterocycles. The summed E-state index contributed by atoms with van der Waals surface area (Å²) in [6.45, 7) is 4.41. The van der Waals surface area contributed by atoms with Gasteiger partial charge in [0.15, 0.2) is 6.29 Å². The summed E-state index contributed by atoms with van der Waals surface area (Å²) in [7, 11) is 0. The molecule has 3 aromatic carbocycles. The van der Waals surface area contributed by atoms with Crippen molar-refractivity contribution in [1.82, 2.24) is 0 Å². The number of ether oxygens (including phenoxy) is 7. The number of thioether (sulfide) groups is 1. The lowest BCUT2D eigenvalue weighted by Crippen LogP contribution is -2.63. The van der Waals surface area contributed by atoms with Crippen molar-refractivity contribution >= 4 is 11.8 Å². The molecular weight excluding hydrogens is 600 g/mol. The van der Waals surface area contributed by atoms with Crippen molar-refractivity contribution in [3.8, 4) is 0 Å². The van der Waals surface area contributed by atoms with Crippen molar-refractivity contribution < 1.29 is 33.2 Å². The molecule has 246 valence electrons. The van der Waals surface area contributed by atoms with Crippen molar-refractivity contribution in [3.63, 3.8) is 0 Å². The summed E-state index contributed by atoms with van der Waals surface area (Å²) in [5.41, 5.74) is 3.36. The maximum Gasteiger partial charge on any atom is 0.184 e. The third-order valence-electron chi connectivity index (χ3n) is 9.58. The lowest BCUT2D eigenvalue weighted by Gasteiger charge is -2.54. The summed E-state index contributed by atoms with van der Waals surface area (Å²) in [6.07, 6.45) is 3.02. The van der Waals surface area contributed by atoms with Gasteiger partial charge in [0.05, 0.1) is 56.4 Å². The van der Waals surface area contributed by atoms with Gasteiger partial charge < -0.3 is 33.2 Å². The summed E-state index contributed by atoms with van der Waals surface area (Å²) >= 11 is 1.85. The van der Waals surface area contributed by atoms with E-state index in [0.717, 1.165) is 49.0 Å². The zero-order chi connectivity index (χ0) is 31.2. The summed E-state index contributed by atoms with van der Waals surface area (Å²) in [5.74, 6) is 0.926. The van der Waals surface area contributed by atoms with Gasteiger partial charge >= 0.3 is 0 Å². The molecule has 0 radical (unpaired) electrons. The van der Waals surface area contributed by atoms with Crippen molar-refractivity contribution in [3.05, 3.63) is 108 Å². The Kier molecular flexibility index (Phi) is 10.7. The lowest BCUT2D eigenvalue weighted by molar-refractivity contribution is -0.294. The topological polar surface area (TPSA) is 64.6 Å². The average molecular weight is 647 g/mol. The Balaban J connectivity index is 1.05. The van der Waals surface area contributed by atoms with Gasteiger partial charge in [-0.05, 0) is 36.1 Å². The minimum atomic E-state index is -0.499. The molecule has 0 spiro atoms. The molecule has 0 unspecified atom stereocenters. The van der Waals surface area contributed by atoms with E-state index >= 15 is 0 Å². The Hall–Kier alpha value is -2.27. The predicted octanol–water partition coefficient (Wildman–Crippen LogP) is 7.24. The average Bonchev–Trinajstić information content (AvgIpc) is 3.27. The largest absolute Gasteiger partial charge is 0.377 e. The first-order valence-corrected chi connectivity index (χ1v) is 17.9. The molecule has 4 fully saturated rings. The number of rotatable bonds is 11. The molecule has 4 aliphatic rings. The van der Waals surface area contributed by atoms with Crippen LogP contribution in [-0.4, -0.2) is 66.6 Å². The Morgan fingerprint density at radius 2 is 1.46 bits per heavy atom. The molecule has 46 heavy (non-hydrogen) atoms. The highest BCUT2D eigenvalue weighted by atomic mass is 32.2. The summed E-state index contributed by atoms with van der Waals surface area (Å²) in [6, 6.07) is 30.8. The van der Waals surface area contributed by atoms with Crippen LogP contribution in [0.25, 0.3) is 0 Å². The van der Waals surface area contributed by atoms with E-state index in [1.807, 2.05) is 54.2 Å². The van der Waals surface area contributed by atoms with E-state index < -0.39 is 4.93 Å². The molecule has 7 rings (SSSR count). The number of fused-ring (bicyclic) bond motifs is 3. The molecule has 0 bridgehead atoms. The number of hydrogen-bond acceptors (Lipinski definition) is 8. The Morgan fingerprint density at radius 1 is 0.761 bits per heavy atom. The van der Waals surface area contributed by atoms with Gasteiger partial charge in [0.2, 0.25) is 0 Å². The minimum absolute atomic E-state index is 0.0381. The standard InChI is InChI=1S/C38H46O7S/c1-2-46-38-23-34(40-25-28-14-8-4-9-15-28)31(20-21-39-24-27-12-6-3-7-13-27)43-36(38)22-33-32(45-38)19-18-30-35(42-33)26-41-37(44-30)29-16-10-5-11-17-29/h3-17,30-37H,2,18-26H2,1H3/t30-,31-,32+,33-,34+,35+,36+,37+,38+/m0/s1. The summed E-state index contributed by atoms with van der Waals surface area (Å²) in [4.78, 5) is -0.499. The molecule has 0 saturated carbocycles. The van der Waals surface area contributed by atoms with E-state index in [2.05, 4.69) is 55.5 Å².